The van der Waals surface area contributed by atoms with E-state index >= 15 is 0 Å². The predicted octanol–water partition coefficient (Wildman–Crippen LogP) is 2.25. The van der Waals surface area contributed by atoms with Crippen LogP contribution in [0.5, 0.6) is 0 Å². The number of carboxylic acid groups (broad SMARTS) is 1. The van der Waals surface area contributed by atoms with Crippen LogP contribution in [0.15, 0.2) is 24.3 Å². The van der Waals surface area contributed by atoms with Crippen molar-refractivity contribution in [3.8, 4) is 6.07 Å². The standard InChI is InChI=1S/C14H16N2O2/c1-14(13(17)18)7-4-8-16(10-14)12-6-3-2-5-11(12)9-15/h2-3,5-6H,4,7-8,10H2,1H3,(H,17,18). The van der Waals surface area contributed by atoms with E-state index in [9.17, 15) is 9.90 Å². The smallest absolute Gasteiger partial charge is 0.311 e. The SMILES string of the molecule is CC1(C(=O)O)CCCN(c2ccccc2C#N)C1. The molecular weight excluding hydrogens is 228 g/mol. The minimum Gasteiger partial charge on any atom is -0.481 e. The van der Waals surface area contributed by atoms with E-state index in [4.69, 9.17) is 5.26 Å². The Hall–Kier alpha value is -2.02. The first kappa shape index (κ1) is 12.4. The van der Waals surface area contributed by atoms with Crippen molar-refractivity contribution in [2.45, 2.75) is 19.8 Å². The normalized spacial score (nSPS) is 23.4. The maximum absolute atomic E-state index is 11.3. The first-order valence-electron chi connectivity index (χ1n) is 6.04. The van der Waals surface area contributed by atoms with Crippen LogP contribution in [-0.4, -0.2) is 24.2 Å². The Kier molecular flexibility index (Phi) is 3.24. The number of nitrogens with zero attached hydrogens (tertiary/aromatic N) is 2. The molecule has 1 aromatic carbocycles. The van der Waals surface area contributed by atoms with Gasteiger partial charge in [0.15, 0.2) is 0 Å². The first-order valence-corrected chi connectivity index (χ1v) is 6.04. The van der Waals surface area contributed by atoms with Gasteiger partial charge in [-0.3, -0.25) is 4.79 Å². The predicted molar refractivity (Wildman–Crippen MR) is 68.3 cm³/mol. The molecule has 1 fully saturated rings. The number of rotatable bonds is 2. The molecule has 4 nitrogen and oxygen atoms in total. The lowest BCUT2D eigenvalue weighted by Crippen LogP contribution is -2.46. The molecule has 0 bridgehead atoms. The lowest BCUT2D eigenvalue weighted by molar-refractivity contribution is -0.148. The molecule has 1 N–H and O–H groups in total. The number of anilines is 1. The molecule has 0 radical (unpaired) electrons. The third-order valence-electron chi connectivity index (χ3n) is 3.58. The lowest BCUT2D eigenvalue weighted by atomic mass is 9.81. The van der Waals surface area contributed by atoms with E-state index in [0.717, 1.165) is 18.7 Å². The highest BCUT2D eigenvalue weighted by Crippen LogP contribution is 2.33. The number of benzene rings is 1. The van der Waals surface area contributed by atoms with E-state index in [1.165, 1.54) is 0 Å². The second kappa shape index (κ2) is 4.69. The number of nitriles is 1. The van der Waals surface area contributed by atoms with Crippen molar-refractivity contribution in [3.05, 3.63) is 29.8 Å². The van der Waals surface area contributed by atoms with Gasteiger partial charge in [-0.25, -0.2) is 0 Å². The van der Waals surface area contributed by atoms with Crippen molar-refractivity contribution in [2.24, 2.45) is 5.41 Å². The molecule has 2 rings (SSSR count). The van der Waals surface area contributed by atoms with Crippen LogP contribution in [0.1, 0.15) is 25.3 Å². The number of hydrogen-bond donors (Lipinski definition) is 1. The second-order valence-corrected chi connectivity index (χ2v) is 5.02. The van der Waals surface area contributed by atoms with Crippen LogP contribution in [-0.2, 0) is 4.79 Å². The number of aliphatic carboxylic acids is 1. The summed E-state index contributed by atoms with van der Waals surface area (Å²) in [6.45, 7) is 3.04. The minimum absolute atomic E-state index is 0.459. The average molecular weight is 244 g/mol. The topological polar surface area (TPSA) is 64.3 Å². The van der Waals surface area contributed by atoms with E-state index in [1.807, 2.05) is 23.1 Å². The van der Waals surface area contributed by atoms with Gasteiger partial charge in [0, 0.05) is 13.1 Å². The molecule has 94 valence electrons. The summed E-state index contributed by atoms with van der Waals surface area (Å²) in [7, 11) is 0. The summed E-state index contributed by atoms with van der Waals surface area (Å²) in [5.74, 6) is -0.762. The highest BCUT2D eigenvalue weighted by molar-refractivity contribution is 5.76. The Morgan fingerprint density at radius 2 is 2.22 bits per heavy atom. The fraction of sp³-hybridized carbons (Fsp3) is 0.429. The molecule has 0 saturated carbocycles. The highest BCUT2D eigenvalue weighted by Gasteiger charge is 2.38. The van der Waals surface area contributed by atoms with Gasteiger partial charge in [0.25, 0.3) is 0 Å². The van der Waals surface area contributed by atoms with Gasteiger partial charge in [-0.15, -0.1) is 0 Å². The van der Waals surface area contributed by atoms with Gasteiger partial charge in [-0.1, -0.05) is 12.1 Å². The molecule has 18 heavy (non-hydrogen) atoms. The molecule has 1 unspecified atom stereocenters. The summed E-state index contributed by atoms with van der Waals surface area (Å²) in [6, 6.07) is 9.51. The zero-order valence-electron chi connectivity index (χ0n) is 10.4. The van der Waals surface area contributed by atoms with Crippen LogP contribution in [0.25, 0.3) is 0 Å². The van der Waals surface area contributed by atoms with Crippen LogP contribution in [0, 0.1) is 16.7 Å². The quantitative estimate of drug-likeness (QED) is 0.866. The van der Waals surface area contributed by atoms with Crippen molar-refractivity contribution in [3.63, 3.8) is 0 Å². The number of carbonyl (C=O) groups is 1. The van der Waals surface area contributed by atoms with Gasteiger partial charge in [0.05, 0.1) is 16.7 Å². The monoisotopic (exact) mass is 244 g/mol. The summed E-state index contributed by atoms with van der Waals surface area (Å²) in [5.41, 5.74) is 0.722. The van der Waals surface area contributed by atoms with Crippen molar-refractivity contribution in [2.75, 3.05) is 18.0 Å². The molecule has 4 heteroatoms. The van der Waals surface area contributed by atoms with E-state index in [1.54, 1.807) is 13.0 Å². The van der Waals surface area contributed by atoms with Crippen molar-refractivity contribution in [1.29, 1.82) is 5.26 Å². The summed E-state index contributed by atoms with van der Waals surface area (Å²) < 4.78 is 0. The van der Waals surface area contributed by atoms with E-state index < -0.39 is 11.4 Å². The Balaban J connectivity index is 2.29. The average Bonchev–Trinajstić information content (AvgIpc) is 2.38. The molecule has 1 aromatic rings. The third kappa shape index (κ3) is 2.17. The Labute approximate surface area is 106 Å². The van der Waals surface area contributed by atoms with E-state index in [2.05, 4.69) is 6.07 Å². The summed E-state index contributed by atoms with van der Waals surface area (Å²) >= 11 is 0. The minimum atomic E-state index is -0.762. The van der Waals surface area contributed by atoms with Crippen LogP contribution in [0.2, 0.25) is 0 Å². The third-order valence-corrected chi connectivity index (χ3v) is 3.58. The molecule has 1 heterocycles. The number of hydrogen-bond acceptors (Lipinski definition) is 3. The molecule has 0 spiro atoms. The number of para-hydroxylation sites is 1. The second-order valence-electron chi connectivity index (χ2n) is 5.02. The molecule has 0 amide bonds. The molecule has 1 aliphatic rings. The van der Waals surface area contributed by atoms with Gasteiger partial charge in [-0.05, 0) is 31.9 Å². The summed E-state index contributed by atoms with van der Waals surface area (Å²) in [4.78, 5) is 13.3. The van der Waals surface area contributed by atoms with Crippen LogP contribution < -0.4 is 4.90 Å². The molecule has 1 aliphatic heterocycles. The van der Waals surface area contributed by atoms with Gasteiger partial charge in [-0.2, -0.15) is 5.26 Å². The van der Waals surface area contributed by atoms with Crippen LogP contribution in [0.4, 0.5) is 5.69 Å². The van der Waals surface area contributed by atoms with Gasteiger partial charge in [0.2, 0.25) is 0 Å². The van der Waals surface area contributed by atoms with Gasteiger partial charge in [0.1, 0.15) is 6.07 Å². The van der Waals surface area contributed by atoms with Gasteiger partial charge >= 0.3 is 5.97 Å². The van der Waals surface area contributed by atoms with Gasteiger partial charge < -0.3 is 10.0 Å². The zero-order valence-corrected chi connectivity index (χ0v) is 10.4. The Morgan fingerprint density at radius 3 is 2.89 bits per heavy atom. The number of piperidine rings is 1. The highest BCUT2D eigenvalue weighted by atomic mass is 16.4. The Morgan fingerprint density at radius 1 is 1.50 bits per heavy atom. The van der Waals surface area contributed by atoms with Crippen LogP contribution in [0.3, 0.4) is 0 Å². The van der Waals surface area contributed by atoms with E-state index in [0.29, 0.717) is 18.5 Å². The number of carboxylic acids is 1. The Bertz CT molecular complexity index is 507. The van der Waals surface area contributed by atoms with Crippen LogP contribution >= 0.6 is 0 Å². The van der Waals surface area contributed by atoms with Crippen molar-refractivity contribution in [1.82, 2.24) is 0 Å². The fourth-order valence-corrected chi connectivity index (χ4v) is 2.46. The summed E-state index contributed by atoms with van der Waals surface area (Å²) in [5, 5.41) is 18.4. The molecule has 1 saturated heterocycles. The zero-order chi connectivity index (χ0) is 13.2. The molecule has 1 atom stereocenters. The van der Waals surface area contributed by atoms with Crippen molar-refractivity contribution >= 4 is 11.7 Å². The fourth-order valence-electron chi connectivity index (χ4n) is 2.46. The van der Waals surface area contributed by atoms with E-state index in [-0.39, 0.29) is 0 Å². The largest absolute Gasteiger partial charge is 0.481 e. The van der Waals surface area contributed by atoms with Crippen molar-refractivity contribution < 1.29 is 9.90 Å². The molecule has 0 aromatic heterocycles. The maximum atomic E-state index is 11.3. The molecular formula is C14H16N2O2. The molecule has 0 aliphatic carbocycles. The maximum Gasteiger partial charge on any atom is 0.311 e. The first-order chi connectivity index (χ1) is 8.57. The lowest BCUT2D eigenvalue weighted by Gasteiger charge is -2.39. The summed E-state index contributed by atoms with van der Waals surface area (Å²) in [6.07, 6.45) is 1.52.